The number of morpholine rings is 1. The maximum absolute atomic E-state index is 11.9. The van der Waals surface area contributed by atoms with Gasteiger partial charge in [0.05, 0.1) is 24.5 Å². The van der Waals surface area contributed by atoms with E-state index >= 15 is 0 Å². The molecular weight excluding hydrogens is 278 g/mol. The molecule has 2 aromatic rings. The van der Waals surface area contributed by atoms with Gasteiger partial charge in [-0.05, 0) is 24.6 Å². The van der Waals surface area contributed by atoms with Crippen LogP contribution < -0.4 is 10.6 Å². The van der Waals surface area contributed by atoms with E-state index in [1.807, 2.05) is 24.3 Å². The molecule has 1 aromatic carbocycles. The molecule has 1 amide bonds. The minimum absolute atomic E-state index is 0.447. The first-order chi connectivity index (χ1) is 10.7. The van der Waals surface area contributed by atoms with Crippen LogP contribution >= 0.6 is 0 Å². The number of para-hydroxylation sites is 1. The van der Waals surface area contributed by atoms with E-state index in [9.17, 15) is 4.79 Å². The highest BCUT2D eigenvalue weighted by atomic mass is 16.5. The molecule has 22 heavy (non-hydrogen) atoms. The van der Waals surface area contributed by atoms with Crippen LogP contribution in [-0.4, -0.2) is 37.2 Å². The van der Waals surface area contributed by atoms with Gasteiger partial charge in [0.1, 0.15) is 0 Å². The van der Waals surface area contributed by atoms with Crippen molar-refractivity contribution >= 4 is 11.6 Å². The monoisotopic (exact) mass is 297 g/mol. The Hall–Kier alpha value is -2.40. The molecular formula is C17H19N3O2. The summed E-state index contributed by atoms with van der Waals surface area (Å²) in [5.74, 6) is -0.447. The minimum Gasteiger partial charge on any atom is -0.378 e. The lowest BCUT2D eigenvalue weighted by molar-refractivity contribution is 0.1000. The third-order valence-electron chi connectivity index (χ3n) is 3.93. The summed E-state index contributed by atoms with van der Waals surface area (Å²) in [6.07, 6.45) is 1.72. The number of nitrogens with two attached hydrogens (primary N) is 1. The van der Waals surface area contributed by atoms with E-state index in [1.165, 1.54) is 0 Å². The average Bonchev–Trinajstić information content (AvgIpc) is 2.55. The lowest BCUT2D eigenvalue weighted by Gasteiger charge is -2.31. The van der Waals surface area contributed by atoms with Crippen molar-refractivity contribution in [2.75, 3.05) is 31.2 Å². The lowest BCUT2D eigenvalue weighted by Crippen LogP contribution is -2.36. The van der Waals surface area contributed by atoms with Gasteiger partial charge in [0, 0.05) is 30.5 Å². The first kappa shape index (κ1) is 14.5. The van der Waals surface area contributed by atoms with E-state index < -0.39 is 5.91 Å². The summed E-state index contributed by atoms with van der Waals surface area (Å²) in [5.41, 5.74) is 9.65. The SMILES string of the molecule is Cc1nccc(-c2ccccc2N2CCOCC2)c1C(N)=O. The Morgan fingerprint density at radius 1 is 1.18 bits per heavy atom. The van der Waals surface area contributed by atoms with Gasteiger partial charge in [-0.1, -0.05) is 18.2 Å². The molecule has 5 heteroatoms. The van der Waals surface area contributed by atoms with Gasteiger partial charge in [-0.3, -0.25) is 9.78 Å². The van der Waals surface area contributed by atoms with E-state index in [-0.39, 0.29) is 0 Å². The molecule has 0 aliphatic carbocycles. The second-order valence-electron chi connectivity index (χ2n) is 5.30. The van der Waals surface area contributed by atoms with Crippen molar-refractivity contribution in [3.63, 3.8) is 0 Å². The number of aromatic nitrogens is 1. The number of hydrogen-bond acceptors (Lipinski definition) is 4. The molecule has 114 valence electrons. The summed E-state index contributed by atoms with van der Waals surface area (Å²) in [6, 6.07) is 9.92. The average molecular weight is 297 g/mol. The molecule has 2 heterocycles. The van der Waals surface area contributed by atoms with Crippen molar-refractivity contribution in [1.82, 2.24) is 4.98 Å². The van der Waals surface area contributed by atoms with Crippen LogP contribution in [0, 0.1) is 6.92 Å². The first-order valence-electron chi connectivity index (χ1n) is 7.36. The third kappa shape index (κ3) is 2.67. The molecule has 1 aliphatic heterocycles. The van der Waals surface area contributed by atoms with Gasteiger partial charge in [0.25, 0.3) is 5.91 Å². The summed E-state index contributed by atoms with van der Waals surface area (Å²) in [4.78, 5) is 18.3. The Balaban J connectivity index is 2.13. The predicted molar refractivity (Wildman–Crippen MR) is 86.0 cm³/mol. The van der Waals surface area contributed by atoms with E-state index in [1.54, 1.807) is 13.1 Å². The minimum atomic E-state index is -0.447. The molecule has 1 aromatic heterocycles. The number of carbonyl (C=O) groups excluding carboxylic acids is 1. The van der Waals surface area contributed by atoms with Crippen LogP contribution in [0.25, 0.3) is 11.1 Å². The van der Waals surface area contributed by atoms with Crippen LogP contribution in [-0.2, 0) is 4.74 Å². The van der Waals surface area contributed by atoms with Crippen LogP contribution in [0.4, 0.5) is 5.69 Å². The fourth-order valence-corrected chi connectivity index (χ4v) is 2.88. The van der Waals surface area contributed by atoms with Gasteiger partial charge in [0.15, 0.2) is 0 Å². The number of benzene rings is 1. The fourth-order valence-electron chi connectivity index (χ4n) is 2.88. The molecule has 5 nitrogen and oxygen atoms in total. The Morgan fingerprint density at radius 3 is 2.64 bits per heavy atom. The van der Waals surface area contributed by atoms with E-state index in [0.29, 0.717) is 24.5 Å². The standard InChI is InChI=1S/C17H19N3O2/c1-12-16(17(18)21)14(6-7-19-12)13-4-2-3-5-15(13)20-8-10-22-11-9-20/h2-7H,8-11H2,1H3,(H2,18,21). The topological polar surface area (TPSA) is 68.5 Å². The first-order valence-corrected chi connectivity index (χ1v) is 7.36. The van der Waals surface area contributed by atoms with Gasteiger partial charge < -0.3 is 15.4 Å². The normalized spacial score (nSPS) is 14.9. The number of aryl methyl sites for hydroxylation is 1. The molecule has 0 atom stereocenters. The van der Waals surface area contributed by atoms with Crippen LogP contribution in [0.2, 0.25) is 0 Å². The second-order valence-corrected chi connectivity index (χ2v) is 5.30. The summed E-state index contributed by atoms with van der Waals surface area (Å²) in [6.45, 7) is 4.92. The quantitative estimate of drug-likeness (QED) is 0.940. The smallest absolute Gasteiger partial charge is 0.251 e. The molecule has 1 fully saturated rings. The molecule has 0 radical (unpaired) electrons. The van der Waals surface area contributed by atoms with Crippen LogP contribution in [0.3, 0.4) is 0 Å². The van der Waals surface area contributed by atoms with Gasteiger partial charge in [-0.25, -0.2) is 0 Å². The fraction of sp³-hybridized carbons (Fsp3) is 0.294. The number of amides is 1. The second kappa shape index (κ2) is 6.15. The van der Waals surface area contributed by atoms with Gasteiger partial charge in [-0.15, -0.1) is 0 Å². The number of anilines is 1. The largest absolute Gasteiger partial charge is 0.378 e. The van der Waals surface area contributed by atoms with Gasteiger partial charge >= 0.3 is 0 Å². The molecule has 3 rings (SSSR count). The summed E-state index contributed by atoms with van der Waals surface area (Å²) in [5, 5.41) is 0. The number of rotatable bonds is 3. The maximum Gasteiger partial charge on any atom is 0.251 e. The number of carbonyl (C=O) groups is 1. The zero-order valence-corrected chi connectivity index (χ0v) is 12.6. The van der Waals surface area contributed by atoms with E-state index in [0.717, 1.165) is 29.9 Å². The van der Waals surface area contributed by atoms with Gasteiger partial charge in [0.2, 0.25) is 0 Å². The molecule has 2 N–H and O–H groups in total. The number of pyridine rings is 1. The Morgan fingerprint density at radius 2 is 1.91 bits per heavy atom. The zero-order chi connectivity index (χ0) is 15.5. The Bertz CT molecular complexity index is 694. The Labute approximate surface area is 129 Å². The highest BCUT2D eigenvalue weighted by molar-refractivity contribution is 6.02. The number of hydrogen-bond donors (Lipinski definition) is 1. The number of primary amides is 1. The molecule has 0 spiro atoms. The van der Waals surface area contributed by atoms with Crippen molar-refractivity contribution in [1.29, 1.82) is 0 Å². The van der Waals surface area contributed by atoms with E-state index in [2.05, 4.69) is 16.0 Å². The van der Waals surface area contributed by atoms with E-state index in [4.69, 9.17) is 10.5 Å². The van der Waals surface area contributed by atoms with Crippen molar-refractivity contribution in [2.45, 2.75) is 6.92 Å². The Kier molecular flexibility index (Phi) is 4.06. The van der Waals surface area contributed by atoms with Crippen LogP contribution in [0.5, 0.6) is 0 Å². The molecule has 1 aliphatic rings. The molecule has 1 saturated heterocycles. The van der Waals surface area contributed by atoms with Crippen molar-refractivity contribution < 1.29 is 9.53 Å². The predicted octanol–water partition coefficient (Wildman–Crippen LogP) is 1.99. The van der Waals surface area contributed by atoms with Crippen LogP contribution in [0.1, 0.15) is 16.1 Å². The summed E-state index contributed by atoms with van der Waals surface area (Å²) < 4.78 is 5.42. The summed E-state index contributed by atoms with van der Waals surface area (Å²) in [7, 11) is 0. The van der Waals surface area contributed by atoms with Gasteiger partial charge in [-0.2, -0.15) is 0 Å². The maximum atomic E-state index is 11.9. The van der Waals surface area contributed by atoms with Crippen molar-refractivity contribution in [2.24, 2.45) is 5.73 Å². The molecule has 0 saturated carbocycles. The number of ether oxygens (including phenoxy) is 1. The lowest BCUT2D eigenvalue weighted by atomic mass is 9.97. The molecule has 0 unspecified atom stereocenters. The third-order valence-corrected chi connectivity index (χ3v) is 3.93. The van der Waals surface area contributed by atoms with Crippen molar-refractivity contribution in [3.8, 4) is 11.1 Å². The highest BCUT2D eigenvalue weighted by Crippen LogP contribution is 2.33. The van der Waals surface area contributed by atoms with Crippen LogP contribution in [0.15, 0.2) is 36.5 Å². The molecule has 0 bridgehead atoms. The number of nitrogens with zero attached hydrogens (tertiary/aromatic N) is 2. The highest BCUT2D eigenvalue weighted by Gasteiger charge is 2.19. The summed E-state index contributed by atoms with van der Waals surface area (Å²) >= 11 is 0. The zero-order valence-electron chi connectivity index (χ0n) is 12.6. The van der Waals surface area contributed by atoms with Crippen molar-refractivity contribution in [3.05, 3.63) is 47.8 Å².